The third kappa shape index (κ3) is 4.98. The maximum atomic E-state index is 11.5. The number of nitrogens with zero attached hydrogens (tertiary/aromatic N) is 1. The third-order valence-electron chi connectivity index (χ3n) is 1.92. The molecule has 0 saturated carbocycles. The van der Waals surface area contributed by atoms with Crippen LogP contribution in [0.5, 0.6) is 0 Å². The fraction of sp³-hybridized carbons (Fsp3) is 0.273. The van der Waals surface area contributed by atoms with Gasteiger partial charge in [0.15, 0.2) is 0 Å². The molecule has 0 saturated heterocycles. The Balaban J connectivity index is 2.32. The van der Waals surface area contributed by atoms with Crippen molar-refractivity contribution in [1.82, 2.24) is 15.9 Å². The molecule has 6 nitrogen and oxygen atoms in total. The summed E-state index contributed by atoms with van der Waals surface area (Å²) in [7, 11) is 1.45. The summed E-state index contributed by atoms with van der Waals surface area (Å²) in [5, 5.41) is 3.70. The Hall–Kier alpha value is -2.08. The van der Waals surface area contributed by atoms with Gasteiger partial charge in [-0.05, 0) is 5.56 Å². The molecule has 0 bridgehead atoms. The molecule has 0 fully saturated rings. The lowest BCUT2D eigenvalue weighted by molar-refractivity contribution is -0.157. The van der Waals surface area contributed by atoms with Crippen LogP contribution in [0.25, 0.3) is 0 Å². The smallest absolute Gasteiger partial charge is 0.334 e. The van der Waals surface area contributed by atoms with Gasteiger partial charge in [-0.1, -0.05) is 35.9 Å². The van der Waals surface area contributed by atoms with Crippen LogP contribution in [0.3, 0.4) is 0 Å². The van der Waals surface area contributed by atoms with Gasteiger partial charge < -0.3 is 10.2 Å². The third-order valence-corrected chi connectivity index (χ3v) is 1.92. The lowest BCUT2D eigenvalue weighted by atomic mass is 10.2. The number of carbonyl (C=O) groups is 2. The Morgan fingerprint density at radius 3 is 2.53 bits per heavy atom. The fourth-order valence-electron chi connectivity index (χ4n) is 1.07. The van der Waals surface area contributed by atoms with Crippen LogP contribution in [0.2, 0.25) is 0 Å². The molecule has 0 radical (unpaired) electrons. The highest BCUT2D eigenvalue weighted by Gasteiger charge is 2.08. The fourth-order valence-corrected chi connectivity index (χ4v) is 1.07. The standard InChI is InChI=1S/C11H15N3O3/c1-9(15)17-13-14(2)11(16)12-8-10-6-4-3-5-7-10/h3-7,13H,8H2,1-2H3,(H,12,16). The van der Waals surface area contributed by atoms with E-state index in [1.54, 1.807) is 0 Å². The Labute approximate surface area is 99.5 Å². The van der Waals surface area contributed by atoms with Crippen LogP contribution in [0.4, 0.5) is 4.79 Å². The number of hydrogen-bond donors (Lipinski definition) is 2. The van der Waals surface area contributed by atoms with Crippen molar-refractivity contribution < 1.29 is 14.4 Å². The summed E-state index contributed by atoms with van der Waals surface area (Å²) < 4.78 is 0. The number of urea groups is 1. The number of rotatable bonds is 4. The van der Waals surface area contributed by atoms with Crippen LogP contribution in [-0.2, 0) is 16.2 Å². The number of hydrogen-bond acceptors (Lipinski definition) is 4. The normalized spacial score (nSPS) is 9.53. The van der Waals surface area contributed by atoms with Crippen molar-refractivity contribution >= 4 is 12.0 Å². The molecule has 0 atom stereocenters. The molecule has 0 heterocycles. The van der Waals surface area contributed by atoms with E-state index < -0.39 is 12.0 Å². The Morgan fingerprint density at radius 2 is 1.94 bits per heavy atom. The molecule has 0 spiro atoms. The van der Waals surface area contributed by atoms with Crippen LogP contribution in [-0.4, -0.2) is 24.1 Å². The molecule has 92 valence electrons. The van der Waals surface area contributed by atoms with Crippen molar-refractivity contribution in [3.8, 4) is 0 Å². The monoisotopic (exact) mass is 237 g/mol. The second-order valence-electron chi connectivity index (χ2n) is 3.39. The van der Waals surface area contributed by atoms with E-state index in [0.717, 1.165) is 10.6 Å². The van der Waals surface area contributed by atoms with E-state index in [1.165, 1.54) is 14.0 Å². The summed E-state index contributed by atoms with van der Waals surface area (Å²) in [6, 6.07) is 9.10. The molecule has 1 aromatic rings. The minimum absolute atomic E-state index is 0.393. The van der Waals surface area contributed by atoms with Gasteiger partial charge in [0.05, 0.1) is 0 Å². The zero-order valence-corrected chi connectivity index (χ0v) is 9.77. The van der Waals surface area contributed by atoms with Crippen molar-refractivity contribution in [2.45, 2.75) is 13.5 Å². The molecule has 0 aliphatic rings. The molecule has 0 aliphatic carbocycles. The SMILES string of the molecule is CC(=O)ONN(C)C(=O)NCc1ccccc1. The summed E-state index contributed by atoms with van der Waals surface area (Å²) in [4.78, 5) is 26.4. The summed E-state index contributed by atoms with van der Waals surface area (Å²) in [5.74, 6) is -0.521. The predicted molar refractivity (Wildman–Crippen MR) is 61.3 cm³/mol. The van der Waals surface area contributed by atoms with Crippen LogP contribution in [0, 0.1) is 0 Å². The van der Waals surface area contributed by atoms with Gasteiger partial charge in [-0.25, -0.2) is 9.80 Å². The van der Waals surface area contributed by atoms with Crippen molar-refractivity contribution in [2.24, 2.45) is 0 Å². The first-order valence-corrected chi connectivity index (χ1v) is 5.08. The molecular weight excluding hydrogens is 222 g/mol. The average Bonchev–Trinajstić information content (AvgIpc) is 2.34. The Bertz CT molecular complexity index is 381. The van der Waals surface area contributed by atoms with Crippen molar-refractivity contribution in [1.29, 1.82) is 0 Å². The van der Waals surface area contributed by atoms with Gasteiger partial charge >= 0.3 is 12.0 Å². The quantitative estimate of drug-likeness (QED) is 0.760. The molecule has 0 unspecified atom stereocenters. The molecule has 1 rings (SSSR count). The molecule has 0 aliphatic heterocycles. The number of amides is 2. The molecule has 6 heteroatoms. The lowest BCUT2D eigenvalue weighted by Crippen LogP contribution is -2.45. The van der Waals surface area contributed by atoms with E-state index in [1.807, 2.05) is 30.3 Å². The highest BCUT2D eigenvalue weighted by atomic mass is 16.7. The van der Waals surface area contributed by atoms with Crippen LogP contribution < -0.4 is 10.9 Å². The minimum atomic E-state index is -0.521. The maximum absolute atomic E-state index is 11.5. The van der Waals surface area contributed by atoms with E-state index in [2.05, 4.69) is 15.7 Å². The van der Waals surface area contributed by atoms with Gasteiger partial charge in [0.25, 0.3) is 0 Å². The maximum Gasteiger partial charge on any atom is 0.334 e. The van der Waals surface area contributed by atoms with Gasteiger partial charge in [0.2, 0.25) is 0 Å². The largest absolute Gasteiger partial charge is 0.351 e. The van der Waals surface area contributed by atoms with Crippen molar-refractivity contribution in [2.75, 3.05) is 7.05 Å². The second-order valence-corrected chi connectivity index (χ2v) is 3.39. The first-order valence-electron chi connectivity index (χ1n) is 5.08. The Kier molecular flexibility index (Phi) is 4.96. The molecule has 1 aromatic carbocycles. The summed E-state index contributed by atoms with van der Waals surface area (Å²) in [5.41, 5.74) is 3.18. The minimum Gasteiger partial charge on any atom is -0.351 e. The number of benzene rings is 1. The summed E-state index contributed by atoms with van der Waals surface area (Å²) >= 11 is 0. The van der Waals surface area contributed by atoms with Crippen molar-refractivity contribution in [3.05, 3.63) is 35.9 Å². The summed E-state index contributed by atoms with van der Waals surface area (Å²) in [6.45, 7) is 1.65. The molecule has 2 N–H and O–H groups in total. The van der Waals surface area contributed by atoms with Crippen molar-refractivity contribution in [3.63, 3.8) is 0 Å². The first-order chi connectivity index (χ1) is 8.09. The molecule has 17 heavy (non-hydrogen) atoms. The predicted octanol–water partition coefficient (Wildman–Crippen LogP) is 0.811. The average molecular weight is 237 g/mol. The van der Waals surface area contributed by atoms with Gasteiger partial charge in [-0.2, -0.15) is 0 Å². The highest BCUT2D eigenvalue weighted by Crippen LogP contribution is 1.97. The molecule has 0 aromatic heterocycles. The van der Waals surface area contributed by atoms with Gasteiger partial charge in [-0.15, -0.1) is 0 Å². The van der Waals surface area contributed by atoms with Gasteiger partial charge in [0, 0.05) is 20.5 Å². The van der Waals surface area contributed by atoms with Crippen LogP contribution in [0.1, 0.15) is 12.5 Å². The zero-order valence-electron chi connectivity index (χ0n) is 9.77. The van der Waals surface area contributed by atoms with E-state index in [-0.39, 0.29) is 0 Å². The van der Waals surface area contributed by atoms with E-state index in [0.29, 0.717) is 6.54 Å². The molecule has 2 amide bonds. The number of hydrazine groups is 1. The van der Waals surface area contributed by atoms with E-state index in [4.69, 9.17) is 0 Å². The molecular formula is C11H15N3O3. The van der Waals surface area contributed by atoms with Gasteiger partial charge in [0.1, 0.15) is 0 Å². The number of carbonyl (C=O) groups excluding carboxylic acids is 2. The van der Waals surface area contributed by atoms with E-state index >= 15 is 0 Å². The van der Waals surface area contributed by atoms with Crippen LogP contribution in [0.15, 0.2) is 30.3 Å². The van der Waals surface area contributed by atoms with Gasteiger partial charge in [-0.3, -0.25) is 4.79 Å². The highest BCUT2D eigenvalue weighted by molar-refractivity contribution is 5.73. The van der Waals surface area contributed by atoms with Crippen LogP contribution >= 0.6 is 0 Å². The summed E-state index contributed by atoms with van der Waals surface area (Å²) in [6.07, 6.45) is 0. The number of nitrogens with one attached hydrogen (secondary N) is 2. The first kappa shape index (κ1) is 13.0. The second kappa shape index (κ2) is 6.49. The van der Waals surface area contributed by atoms with E-state index in [9.17, 15) is 9.59 Å². The Morgan fingerprint density at radius 1 is 1.29 bits per heavy atom. The zero-order chi connectivity index (χ0) is 12.7. The topological polar surface area (TPSA) is 70.7 Å². The lowest BCUT2D eigenvalue weighted by Gasteiger charge is -2.17.